The standard InChI is InChI=1S/C30H29NO3.ClH/c1-20(25-11-6-8-22-7-2-3-9-26(22)25)31-19-24-18-28(27-10-4-5-12-29(27)34-24)23-15-13-21(14-16-23)17-30(32)33;/h2-16,20,24,28,31H,17-19H2,1H3,(H,32,33);1H/t20-,24?,28?;/m1./s1. The molecule has 5 rings (SSSR count). The number of nitrogens with one attached hydrogen (secondary N) is 1. The van der Waals surface area contributed by atoms with Gasteiger partial charge in [0.2, 0.25) is 0 Å². The number of hydrogen-bond donors (Lipinski definition) is 2. The summed E-state index contributed by atoms with van der Waals surface area (Å²) < 4.78 is 6.39. The molecule has 5 heteroatoms. The van der Waals surface area contributed by atoms with E-state index in [1.165, 1.54) is 27.5 Å². The molecule has 2 unspecified atom stereocenters. The first-order valence-electron chi connectivity index (χ1n) is 11.9. The Bertz CT molecular complexity index is 1300. The molecule has 4 aromatic carbocycles. The highest BCUT2D eigenvalue weighted by molar-refractivity contribution is 5.86. The second kappa shape index (κ2) is 10.9. The summed E-state index contributed by atoms with van der Waals surface area (Å²) in [5, 5.41) is 15.3. The zero-order valence-electron chi connectivity index (χ0n) is 19.7. The Hall–Kier alpha value is -3.34. The maximum absolute atomic E-state index is 11.0. The molecule has 35 heavy (non-hydrogen) atoms. The zero-order chi connectivity index (χ0) is 23.5. The summed E-state index contributed by atoms with van der Waals surface area (Å²) in [6.45, 7) is 2.95. The number of halogens is 1. The van der Waals surface area contributed by atoms with Crippen LogP contribution in [0.25, 0.3) is 10.8 Å². The number of aliphatic carboxylic acids is 1. The van der Waals surface area contributed by atoms with Crippen molar-refractivity contribution in [1.29, 1.82) is 0 Å². The van der Waals surface area contributed by atoms with Gasteiger partial charge in [-0.3, -0.25) is 4.79 Å². The Labute approximate surface area is 212 Å². The molecule has 180 valence electrons. The van der Waals surface area contributed by atoms with Crippen LogP contribution in [0.2, 0.25) is 0 Å². The largest absolute Gasteiger partial charge is 0.489 e. The summed E-state index contributed by atoms with van der Waals surface area (Å²) in [7, 11) is 0. The van der Waals surface area contributed by atoms with Gasteiger partial charge in [0.25, 0.3) is 0 Å². The van der Waals surface area contributed by atoms with Crippen LogP contribution in [0, 0.1) is 0 Å². The third-order valence-corrected chi connectivity index (χ3v) is 6.77. The zero-order valence-corrected chi connectivity index (χ0v) is 20.5. The van der Waals surface area contributed by atoms with Crippen molar-refractivity contribution < 1.29 is 14.6 Å². The first-order valence-corrected chi connectivity index (χ1v) is 11.9. The molecule has 0 bridgehead atoms. The molecule has 0 radical (unpaired) electrons. The van der Waals surface area contributed by atoms with Crippen molar-refractivity contribution in [2.75, 3.05) is 6.54 Å². The number of fused-ring (bicyclic) bond motifs is 2. The number of carboxylic acids is 1. The van der Waals surface area contributed by atoms with E-state index in [0.717, 1.165) is 24.3 Å². The molecule has 0 aromatic heterocycles. The molecular formula is C30H30ClNO3. The van der Waals surface area contributed by atoms with Gasteiger partial charge >= 0.3 is 5.97 Å². The summed E-state index contributed by atoms with van der Waals surface area (Å²) in [5.74, 6) is 0.331. The van der Waals surface area contributed by atoms with Gasteiger partial charge in [0.05, 0.1) is 6.42 Å². The van der Waals surface area contributed by atoms with Gasteiger partial charge in [0.1, 0.15) is 11.9 Å². The highest BCUT2D eigenvalue weighted by Crippen LogP contribution is 2.40. The highest BCUT2D eigenvalue weighted by Gasteiger charge is 2.29. The van der Waals surface area contributed by atoms with Crippen LogP contribution in [0.1, 0.15) is 47.6 Å². The second-order valence-corrected chi connectivity index (χ2v) is 9.08. The lowest BCUT2D eigenvalue weighted by Gasteiger charge is -2.33. The Morgan fingerprint density at radius 1 is 0.971 bits per heavy atom. The van der Waals surface area contributed by atoms with Crippen molar-refractivity contribution in [3.05, 3.63) is 113 Å². The lowest BCUT2D eigenvalue weighted by molar-refractivity contribution is -0.136. The monoisotopic (exact) mass is 487 g/mol. The summed E-state index contributed by atoms with van der Waals surface area (Å²) in [6, 6.07) is 31.4. The van der Waals surface area contributed by atoms with Gasteiger partial charge < -0.3 is 15.2 Å². The van der Waals surface area contributed by atoms with E-state index in [4.69, 9.17) is 9.84 Å². The number of ether oxygens (including phenoxy) is 1. The van der Waals surface area contributed by atoms with Gasteiger partial charge in [0, 0.05) is 24.1 Å². The molecule has 2 N–H and O–H groups in total. The quantitative estimate of drug-likeness (QED) is 0.311. The number of hydrogen-bond acceptors (Lipinski definition) is 3. The fraction of sp³-hybridized carbons (Fsp3) is 0.233. The molecule has 0 saturated heterocycles. The van der Waals surface area contributed by atoms with Gasteiger partial charge in [-0.2, -0.15) is 0 Å². The minimum Gasteiger partial charge on any atom is -0.489 e. The molecular weight excluding hydrogens is 458 g/mol. The van der Waals surface area contributed by atoms with E-state index in [2.05, 4.69) is 79.0 Å². The third-order valence-electron chi connectivity index (χ3n) is 6.77. The van der Waals surface area contributed by atoms with Crippen LogP contribution in [0.5, 0.6) is 5.75 Å². The van der Waals surface area contributed by atoms with E-state index in [0.29, 0.717) is 0 Å². The topological polar surface area (TPSA) is 58.6 Å². The van der Waals surface area contributed by atoms with E-state index in [1.54, 1.807) is 0 Å². The van der Waals surface area contributed by atoms with Crippen LogP contribution < -0.4 is 10.1 Å². The molecule has 0 fully saturated rings. The summed E-state index contributed by atoms with van der Waals surface area (Å²) in [4.78, 5) is 11.0. The van der Waals surface area contributed by atoms with E-state index in [1.807, 2.05) is 24.3 Å². The number of carboxylic acid groups (broad SMARTS) is 1. The van der Waals surface area contributed by atoms with Gasteiger partial charge in [0.15, 0.2) is 0 Å². The molecule has 1 heterocycles. The SMILES string of the molecule is C[C@@H](NCC1CC(c2ccc(CC(=O)O)cc2)c2ccccc2O1)c1cccc2ccccc12.Cl. The van der Waals surface area contributed by atoms with Crippen molar-refractivity contribution in [3.8, 4) is 5.75 Å². The Balaban J connectivity index is 0.00000289. The van der Waals surface area contributed by atoms with Crippen LogP contribution in [-0.2, 0) is 11.2 Å². The van der Waals surface area contributed by atoms with Crippen LogP contribution in [0.3, 0.4) is 0 Å². The van der Waals surface area contributed by atoms with Gasteiger partial charge in [-0.25, -0.2) is 0 Å². The van der Waals surface area contributed by atoms with E-state index < -0.39 is 5.97 Å². The number of rotatable bonds is 7. The molecule has 3 atom stereocenters. The molecule has 0 aliphatic carbocycles. The van der Waals surface area contributed by atoms with E-state index >= 15 is 0 Å². The fourth-order valence-corrected chi connectivity index (χ4v) is 5.02. The average molecular weight is 488 g/mol. The van der Waals surface area contributed by atoms with E-state index in [9.17, 15) is 4.79 Å². The molecule has 1 aliphatic heterocycles. The predicted octanol–water partition coefficient (Wildman–Crippen LogP) is 6.52. The van der Waals surface area contributed by atoms with Crippen molar-refractivity contribution >= 4 is 29.1 Å². The van der Waals surface area contributed by atoms with Gasteiger partial charge in [-0.15, -0.1) is 12.4 Å². The number of benzene rings is 4. The number of para-hydroxylation sites is 1. The number of carbonyl (C=O) groups is 1. The maximum Gasteiger partial charge on any atom is 0.307 e. The predicted molar refractivity (Wildman–Crippen MR) is 143 cm³/mol. The van der Waals surface area contributed by atoms with Crippen molar-refractivity contribution in [2.45, 2.75) is 37.8 Å². The van der Waals surface area contributed by atoms with Crippen molar-refractivity contribution in [1.82, 2.24) is 5.32 Å². The maximum atomic E-state index is 11.0. The minimum absolute atomic E-state index is 0. The summed E-state index contributed by atoms with van der Waals surface area (Å²) in [6.07, 6.45) is 0.948. The molecule has 4 aromatic rings. The van der Waals surface area contributed by atoms with Crippen LogP contribution in [0.15, 0.2) is 91.0 Å². The van der Waals surface area contributed by atoms with Crippen LogP contribution in [0.4, 0.5) is 0 Å². The Kier molecular flexibility index (Phi) is 7.74. The Morgan fingerprint density at radius 2 is 1.69 bits per heavy atom. The van der Waals surface area contributed by atoms with E-state index in [-0.39, 0.29) is 36.9 Å². The smallest absolute Gasteiger partial charge is 0.307 e. The van der Waals surface area contributed by atoms with Gasteiger partial charge in [-0.05, 0) is 46.9 Å². The fourth-order valence-electron chi connectivity index (χ4n) is 5.02. The van der Waals surface area contributed by atoms with Crippen LogP contribution >= 0.6 is 12.4 Å². The first kappa shape index (κ1) is 24.8. The summed E-state index contributed by atoms with van der Waals surface area (Å²) >= 11 is 0. The Morgan fingerprint density at radius 3 is 2.49 bits per heavy atom. The lowest BCUT2D eigenvalue weighted by Crippen LogP contribution is -2.37. The minimum atomic E-state index is -0.810. The lowest BCUT2D eigenvalue weighted by atomic mass is 9.83. The molecule has 4 nitrogen and oxygen atoms in total. The third kappa shape index (κ3) is 5.50. The molecule has 0 spiro atoms. The van der Waals surface area contributed by atoms with Gasteiger partial charge in [-0.1, -0.05) is 84.9 Å². The molecule has 0 amide bonds. The normalized spacial score (nSPS) is 17.6. The van der Waals surface area contributed by atoms with Crippen molar-refractivity contribution in [2.24, 2.45) is 0 Å². The van der Waals surface area contributed by atoms with Crippen molar-refractivity contribution in [3.63, 3.8) is 0 Å². The first-order chi connectivity index (χ1) is 16.6. The second-order valence-electron chi connectivity index (χ2n) is 9.08. The average Bonchev–Trinajstić information content (AvgIpc) is 2.86. The van der Waals surface area contributed by atoms with Crippen LogP contribution in [-0.4, -0.2) is 23.7 Å². The molecule has 1 aliphatic rings. The highest BCUT2D eigenvalue weighted by atomic mass is 35.5. The molecule has 0 saturated carbocycles. The summed E-state index contributed by atoms with van der Waals surface area (Å²) in [5.41, 5.74) is 4.49.